The van der Waals surface area contributed by atoms with Crippen LogP contribution in [0.1, 0.15) is 57.4 Å². The number of hydrogen-bond donors (Lipinski definition) is 1. The molecule has 2 aliphatic rings. The van der Waals surface area contributed by atoms with Crippen molar-refractivity contribution >= 4 is 17.6 Å². The second-order valence-electron chi connectivity index (χ2n) is 8.38. The van der Waals surface area contributed by atoms with Crippen molar-refractivity contribution in [1.29, 1.82) is 0 Å². The van der Waals surface area contributed by atoms with E-state index in [1.165, 1.54) is 7.11 Å². The van der Waals surface area contributed by atoms with Crippen molar-refractivity contribution in [2.24, 2.45) is 0 Å². The van der Waals surface area contributed by atoms with Gasteiger partial charge in [0, 0.05) is 23.6 Å². The van der Waals surface area contributed by atoms with Gasteiger partial charge in [0.15, 0.2) is 5.78 Å². The van der Waals surface area contributed by atoms with Gasteiger partial charge >= 0.3 is 5.97 Å². The van der Waals surface area contributed by atoms with E-state index in [1.54, 1.807) is 19.2 Å². The number of fused-ring (bicyclic) bond motifs is 1. The van der Waals surface area contributed by atoms with E-state index in [4.69, 9.17) is 14.0 Å². The molecule has 0 radical (unpaired) electrons. The van der Waals surface area contributed by atoms with Crippen molar-refractivity contribution in [3.05, 3.63) is 87.7 Å². The molecule has 2 aromatic carbocycles. The van der Waals surface area contributed by atoms with E-state index in [0.717, 1.165) is 39.4 Å². The Hall–Kier alpha value is -3.87. The van der Waals surface area contributed by atoms with Crippen LogP contribution < -0.4 is 10.1 Å². The van der Waals surface area contributed by atoms with E-state index in [-0.39, 0.29) is 17.6 Å². The van der Waals surface area contributed by atoms with Crippen LogP contribution in [0.5, 0.6) is 5.75 Å². The van der Waals surface area contributed by atoms with E-state index in [9.17, 15) is 9.59 Å². The minimum absolute atomic E-state index is 0.0579. The quantitative estimate of drug-likeness (QED) is 0.582. The Morgan fingerprint density at radius 3 is 2.39 bits per heavy atom. The Morgan fingerprint density at radius 1 is 1.03 bits per heavy atom. The van der Waals surface area contributed by atoms with E-state index in [1.807, 2.05) is 43.3 Å². The van der Waals surface area contributed by atoms with Gasteiger partial charge in [0.25, 0.3) is 0 Å². The molecule has 0 bridgehead atoms. The van der Waals surface area contributed by atoms with Crippen molar-refractivity contribution in [1.82, 2.24) is 5.16 Å². The summed E-state index contributed by atoms with van der Waals surface area (Å²) in [4.78, 5) is 25.4. The number of hydrogen-bond acceptors (Lipinski definition) is 7. The van der Waals surface area contributed by atoms with Gasteiger partial charge in [0.05, 0.1) is 31.0 Å². The highest BCUT2D eigenvalue weighted by atomic mass is 16.5. The second-order valence-corrected chi connectivity index (χ2v) is 8.38. The summed E-state index contributed by atoms with van der Waals surface area (Å²) < 4.78 is 15.6. The maximum absolute atomic E-state index is 13.5. The Morgan fingerprint density at radius 2 is 1.73 bits per heavy atom. The number of ether oxygens (including phenoxy) is 2. The molecule has 2 atom stereocenters. The van der Waals surface area contributed by atoms with Crippen molar-refractivity contribution in [3.63, 3.8) is 0 Å². The van der Waals surface area contributed by atoms with E-state index < -0.39 is 5.97 Å². The molecule has 1 aliphatic heterocycles. The number of aryl methyl sites for hydroxylation is 1. The van der Waals surface area contributed by atoms with Gasteiger partial charge in [-0.25, -0.2) is 4.79 Å². The van der Waals surface area contributed by atoms with E-state index >= 15 is 0 Å². The first-order chi connectivity index (χ1) is 16.0. The van der Waals surface area contributed by atoms with Gasteiger partial charge in [-0.2, -0.15) is 0 Å². The van der Waals surface area contributed by atoms with Crippen LogP contribution in [0, 0.1) is 6.92 Å². The lowest BCUT2D eigenvalue weighted by Gasteiger charge is -2.34. The van der Waals surface area contributed by atoms with Crippen LogP contribution in [0.25, 0.3) is 0 Å². The van der Waals surface area contributed by atoms with Gasteiger partial charge in [-0.1, -0.05) is 29.4 Å². The summed E-state index contributed by atoms with van der Waals surface area (Å²) in [6.07, 6.45) is 1.10. The molecule has 7 heteroatoms. The van der Waals surface area contributed by atoms with Gasteiger partial charge in [0.2, 0.25) is 5.88 Å². The number of allylic oxidation sites excluding steroid dienone is 2. The second kappa shape index (κ2) is 8.24. The summed E-state index contributed by atoms with van der Waals surface area (Å²) in [5.41, 5.74) is 5.65. The van der Waals surface area contributed by atoms with Gasteiger partial charge in [0.1, 0.15) is 5.75 Å². The predicted molar refractivity (Wildman–Crippen MR) is 121 cm³/mol. The number of benzene rings is 2. The molecule has 2 heterocycles. The molecule has 168 valence electrons. The highest BCUT2D eigenvalue weighted by Crippen LogP contribution is 2.49. The molecule has 1 N–H and O–H groups in total. The highest BCUT2D eigenvalue weighted by Gasteiger charge is 2.41. The molecule has 0 spiro atoms. The third-order valence-corrected chi connectivity index (χ3v) is 6.51. The number of nitrogens with zero attached hydrogens (tertiary/aromatic N) is 1. The Bertz CT molecular complexity index is 1250. The number of carbonyl (C=O) groups is 2. The monoisotopic (exact) mass is 444 g/mol. The average molecular weight is 444 g/mol. The van der Waals surface area contributed by atoms with Gasteiger partial charge in [-0.15, -0.1) is 0 Å². The zero-order chi connectivity index (χ0) is 23.1. The van der Waals surface area contributed by atoms with Crippen molar-refractivity contribution in [2.45, 2.75) is 31.6 Å². The topological polar surface area (TPSA) is 90.7 Å². The van der Waals surface area contributed by atoms with Crippen LogP contribution in [0.3, 0.4) is 0 Å². The molecule has 0 fully saturated rings. The summed E-state index contributed by atoms with van der Waals surface area (Å²) in [7, 11) is 2.99. The number of rotatable bonds is 4. The first kappa shape index (κ1) is 21.0. The molecule has 0 amide bonds. The molecule has 7 nitrogen and oxygen atoms in total. The van der Waals surface area contributed by atoms with E-state index in [0.29, 0.717) is 24.3 Å². The zero-order valence-electron chi connectivity index (χ0n) is 18.7. The number of carbonyl (C=O) groups excluding carboxylic acids is 2. The third kappa shape index (κ3) is 3.59. The average Bonchev–Trinajstić information content (AvgIpc) is 3.22. The lowest BCUT2D eigenvalue weighted by molar-refractivity contribution is -0.116. The number of anilines is 1. The molecule has 5 rings (SSSR count). The summed E-state index contributed by atoms with van der Waals surface area (Å²) in [6, 6.07) is 15.0. The zero-order valence-corrected chi connectivity index (χ0v) is 18.7. The summed E-state index contributed by atoms with van der Waals surface area (Å²) in [5.74, 6) is 0.800. The van der Waals surface area contributed by atoms with Crippen molar-refractivity contribution in [2.75, 3.05) is 19.5 Å². The molecule has 1 aliphatic carbocycles. The molecular weight excluding hydrogens is 420 g/mol. The third-order valence-electron chi connectivity index (χ3n) is 6.51. The van der Waals surface area contributed by atoms with Gasteiger partial charge in [-0.05, 0) is 54.7 Å². The molecule has 3 aromatic rings. The Labute approximate surface area is 191 Å². The number of esters is 1. The van der Waals surface area contributed by atoms with Crippen LogP contribution in [0.2, 0.25) is 0 Å². The molecule has 0 saturated heterocycles. The highest BCUT2D eigenvalue weighted by molar-refractivity contribution is 6.01. The van der Waals surface area contributed by atoms with Crippen LogP contribution in [0.15, 0.2) is 64.3 Å². The SMILES string of the molecule is COC(=O)c1ccc([C@@H]2C3=C(C[C@@H](c4ccc(OC)cc4)CC3=O)Nc3onc(C)c32)cc1. The van der Waals surface area contributed by atoms with E-state index in [2.05, 4.69) is 10.5 Å². The summed E-state index contributed by atoms with van der Waals surface area (Å²) in [6.45, 7) is 1.87. The van der Waals surface area contributed by atoms with Crippen LogP contribution in [-0.4, -0.2) is 31.1 Å². The first-order valence-corrected chi connectivity index (χ1v) is 10.8. The molecule has 0 unspecified atom stereocenters. The minimum Gasteiger partial charge on any atom is -0.497 e. The predicted octanol–water partition coefficient (Wildman–Crippen LogP) is 4.74. The number of aromatic nitrogens is 1. The summed E-state index contributed by atoms with van der Waals surface area (Å²) in [5, 5.41) is 7.49. The normalized spacial score (nSPS) is 19.4. The molecule has 1 aromatic heterocycles. The fourth-order valence-electron chi connectivity index (χ4n) is 4.85. The standard InChI is InChI=1S/C26H24N2O5/c1-14-22-23(16-4-6-17(7-5-16)26(30)32-3)24-20(27-25(22)33-28-14)12-18(13-21(24)29)15-8-10-19(31-2)11-9-15/h4-11,18,23,27H,12-13H2,1-3H3/t18-,23+/m1/s1. The Balaban J connectivity index is 1.55. The summed E-state index contributed by atoms with van der Waals surface area (Å²) >= 11 is 0. The maximum Gasteiger partial charge on any atom is 0.337 e. The van der Waals surface area contributed by atoms with Crippen molar-refractivity contribution in [3.8, 4) is 5.75 Å². The lowest BCUT2D eigenvalue weighted by atomic mass is 9.72. The number of Topliss-reactive ketones (excluding diaryl/α,β-unsaturated/α-hetero) is 1. The molecular formula is C26H24N2O5. The minimum atomic E-state index is -0.398. The number of methoxy groups -OCH3 is 2. The van der Waals surface area contributed by atoms with Gasteiger partial charge in [-0.3, -0.25) is 4.79 Å². The largest absolute Gasteiger partial charge is 0.497 e. The smallest absolute Gasteiger partial charge is 0.337 e. The van der Waals surface area contributed by atoms with Crippen LogP contribution in [-0.2, 0) is 9.53 Å². The lowest BCUT2D eigenvalue weighted by Crippen LogP contribution is -2.29. The van der Waals surface area contributed by atoms with Gasteiger partial charge < -0.3 is 19.3 Å². The number of nitrogens with one attached hydrogen (secondary N) is 1. The maximum atomic E-state index is 13.5. The fraction of sp³-hybridized carbons (Fsp3) is 0.269. The van der Waals surface area contributed by atoms with Crippen molar-refractivity contribution < 1.29 is 23.6 Å². The molecule has 33 heavy (non-hydrogen) atoms. The number of ketones is 1. The van der Waals surface area contributed by atoms with Crippen LogP contribution in [0.4, 0.5) is 5.88 Å². The first-order valence-electron chi connectivity index (χ1n) is 10.8. The molecule has 0 saturated carbocycles. The fourth-order valence-corrected chi connectivity index (χ4v) is 4.85. The van der Waals surface area contributed by atoms with Crippen LogP contribution >= 0.6 is 0 Å². The Kier molecular flexibility index (Phi) is 5.24.